The molecule has 0 aliphatic carbocycles. The van der Waals surface area contributed by atoms with Gasteiger partial charge in [-0.15, -0.1) is 0 Å². The number of carbonyl (C=O) groups excluding carboxylic acids is 6. The third-order valence-electron chi connectivity index (χ3n) is 14.5. The lowest BCUT2D eigenvalue weighted by Crippen LogP contribution is -2.46. The number of anilines is 2. The van der Waals surface area contributed by atoms with Gasteiger partial charge in [0.05, 0.1) is 51.3 Å². The molecule has 612 valence electrons. The van der Waals surface area contributed by atoms with Crippen molar-refractivity contribution in [1.82, 2.24) is 60.3 Å². The van der Waals surface area contributed by atoms with Crippen molar-refractivity contribution in [2.24, 2.45) is 10.8 Å². The summed E-state index contributed by atoms with van der Waals surface area (Å²) in [7, 11) is -32.8. The molecule has 4 amide bonds. The van der Waals surface area contributed by atoms with Gasteiger partial charge in [0.1, 0.15) is 72.5 Å². The largest absolute Gasteiger partial charge is 0.481 e. The van der Waals surface area contributed by atoms with Gasteiger partial charge < -0.3 is 112 Å². The van der Waals surface area contributed by atoms with E-state index in [-0.39, 0.29) is 108 Å². The van der Waals surface area contributed by atoms with Crippen LogP contribution >= 0.6 is 70.5 Å². The summed E-state index contributed by atoms with van der Waals surface area (Å²) in [5, 5.41) is 70.3. The molecule has 2 fully saturated rings. The summed E-state index contributed by atoms with van der Waals surface area (Å²) < 4.78 is 124. The number of nitrogens with one attached hydrogen (secondary N) is 4. The highest BCUT2D eigenvalue weighted by atomic mass is 32.2. The number of hydrogen-bond acceptors (Lipinski definition) is 38. The molecule has 6 heterocycles. The lowest BCUT2D eigenvalue weighted by Gasteiger charge is -2.30. The minimum Gasteiger partial charge on any atom is -0.393 e. The van der Waals surface area contributed by atoms with Crippen LogP contribution in [0.4, 0.5) is 11.6 Å². The molecule has 4 aromatic heterocycles. The second kappa shape index (κ2) is 40.2. The number of nitrogen functional groups attached to an aromatic ring is 2. The fourth-order valence-electron chi connectivity index (χ4n) is 9.19. The summed E-state index contributed by atoms with van der Waals surface area (Å²) in [5.41, 5.74) is 8.46. The quantitative estimate of drug-likeness (QED) is 0.0154. The van der Waals surface area contributed by atoms with E-state index in [1.54, 1.807) is 0 Å². The van der Waals surface area contributed by atoms with Crippen LogP contribution in [0, 0.1) is 10.8 Å². The number of nitrogens with two attached hydrogens (primary N) is 2. The predicted molar refractivity (Wildman–Crippen MR) is 367 cm³/mol. The van der Waals surface area contributed by atoms with E-state index >= 15 is 0 Å². The summed E-state index contributed by atoms with van der Waals surface area (Å²) in [4.78, 5) is 174. The molecular formula is C50H84N14O36P6S2. The fraction of sp³-hybridized carbons (Fsp3) is 0.680. The Kier molecular flexibility index (Phi) is 34.8. The number of fused-ring (bicyclic) bond motifs is 2. The van der Waals surface area contributed by atoms with Gasteiger partial charge >= 0.3 is 46.9 Å². The lowest BCUT2D eigenvalue weighted by molar-refractivity contribution is -0.137. The number of hydrogen-bond donors (Lipinski definition) is 20. The van der Waals surface area contributed by atoms with Crippen LogP contribution in [0.25, 0.3) is 22.3 Å². The Labute approximate surface area is 619 Å². The SMILES string of the molecule is CC(O)CC(=O)SCCNC(=O)CCNC(=O)[C@H](O)C(C)(C)COP(=O)(O)OP(=O)(O)OC[C@H]1O[C@@H](n2cnc3c(N)ncnc32)[C@H](O)[C@@H]1OP(=O)(O)O.CC(O)CC(=O)SCCNC(=O)CCNC(=O)[C@H](O)C(C)(C)COP(=O)(O)OP(=O)(O)OC[C@H]1O[C@H](n2cnc3c(N)ncnc32)[C@H](O)[C@@H]1OP(=O)(O)O. The van der Waals surface area contributed by atoms with Gasteiger partial charge in [0.2, 0.25) is 23.6 Å². The van der Waals surface area contributed by atoms with E-state index in [0.717, 1.165) is 58.0 Å². The number of phosphoric ester groups is 6. The first-order valence-electron chi connectivity index (χ1n) is 31.3. The zero-order valence-electron chi connectivity index (χ0n) is 57.6. The topological polar surface area (TPSA) is 768 Å². The molecule has 6 rings (SSSR count). The Morgan fingerprint density at radius 2 is 0.861 bits per heavy atom. The van der Waals surface area contributed by atoms with Crippen molar-refractivity contribution in [3.8, 4) is 0 Å². The number of nitrogens with zero attached hydrogens (tertiary/aromatic N) is 8. The molecule has 22 N–H and O–H groups in total. The molecule has 0 saturated carbocycles. The number of aliphatic hydroxyl groups is 6. The standard InChI is InChI=1S/2C25H42N7O18P3S/c2*1-13(33)8-16(35)54-7-6-27-15(34)4-5-28-23(38)20(37)25(2,3)10-47-53(44,45)50-52(42,43)46-9-14-19(49-51(39,40)41)18(36)24(48-14)32-12-31-17-21(26)29-11-30-22(17)32/h2*11-14,18-20,24,33,36-37H,4-10H2,1-3H3,(H,27,34)(H,28,38)(H,42,43)(H,44,45)(H2,26,29,30)(H2,39,40,41)/t13?,14-,18-,19-,20+,24+;13?,14-,18-,19-,20+,24-/m11/s1. The number of aromatic nitrogens is 8. The molecule has 4 aromatic rings. The monoisotopic (exact) mass is 1710 g/mol. The maximum Gasteiger partial charge on any atom is 0.481 e. The Bertz CT molecular complexity index is 3810. The van der Waals surface area contributed by atoms with Crippen LogP contribution in [0.5, 0.6) is 0 Å². The Morgan fingerprint density at radius 3 is 1.19 bits per heavy atom. The van der Waals surface area contributed by atoms with Crippen molar-refractivity contribution in [3.63, 3.8) is 0 Å². The smallest absolute Gasteiger partial charge is 0.393 e. The molecule has 50 nitrogen and oxygen atoms in total. The number of rotatable bonds is 42. The van der Waals surface area contributed by atoms with E-state index < -0.39 is 181 Å². The first kappa shape index (κ1) is 93.6. The van der Waals surface area contributed by atoms with Gasteiger partial charge in [-0.2, -0.15) is 8.62 Å². The third kappa shape index (κ3) is 30.2. The Hall–Kier alpha value is -4.96. The first-order valence-corrected chi connectivity index (χ1v) is 42.3. The van der Waals surface area contributed by atoms with Crippen LogP contribution in [0.3, 0.4) is 0 Å². The molecule has 0 aromatic carbocycles. The second-order valence-corrected chi connectivity index (χ2v) is 35.5. The summed E-state index contributed by atoms with van der Waals surface area (Å²) >= 11 is 1.88. The van der Waals surface area contributed by atoms with Crippen molar-refractivity contribution in [1.29, 1.82) is 0 Å². The van der Waals surface area contributed by atoms with Crippen LogP contribution in [-0.2, 0) is 101 Å². The summed E-state index contributed by atoms with van der Waals surface area (Å²) in [5.74, 6) is -2.51. The van der Waals surface area contributed by atoms with Gasteiger partial charge in [-0.05, 0) is 13.8 Å². The fourth-order valence-corrected chi connectivity index (χ4v) is 16.4. The molecule has 16 atom stereocenters. The predicted octanol–water partition coefficient (Wildman–Crippen LogP) is -3.13. The lowest BCUT2D eigenvalue weighted by atomic mass is 9.87. The Balaban J connectivity index is 0.000000387. The molecule has 0 bridgehead atoms. The average molecular weight is 1710 g/mol. The number of amides is 4. The van der Waals surface area contributed by atoms with Gasteiger partial charge in [0.15, 0.2) is 45.6 Å². The van der Waals surface area contributed by atoms with E-state index in [4.69, 9.17) is 39.0 Å². The van der Waals surface area contributed by atoms with Crippen molar-refractivity contribution in [3.05, 3.63) is 25.3 Å². The number of aliphatic hydroxyl groups excluding tert-OH is 6. The highest BCUT2D eigenvalue weighted by molar-refractivity contribution is 8.13. The molecule has 0 spiro atoms. The van der Waals surface area contributed by atoms with Crippen molar-refractivity contribution < 1.29 is 171 Å². The zero-order chi connectivity index (χ0) is 81.3. The third-order valence-corrected chi connectivity index (χ3v) is 22.4. The number of thioether (sulfide) groups is 2. The van der Waals surface area contributed by atoms with Crippen molar-refractivity contribution in [2.75, 3.05) is 75.6 Å². The van der Waals surface area contributed by atoms with E-state index in [2.05, 4.69) is 68.8 Å². The van der Waals surface area contributed by atoms with Crippen molar-refractivity contribution in [2.45, 2.75) is 141 Å². The van der Waals surface area contributed by atoms with Crippen LogP contribution < -0.4 is 32.7 Å². The molecule has 2 aliphatic heterocycles. The summed E-state index contributed by atoms with van der Waals surface area (Å²) in [6.07, 6.45) is -15.6. The molecular weight excluding hydrogens is 1620 g/mol. The number of carbonyl (C=O) groups is 6. The maximum absolute atomic E-state index is 12.6. The molecule has 0 radical (unpaired) electrons. The number of ether oxygens (including phenoxy) is 2. The molecule has 2 saturated heterocycles. The van der Waals surface area contributed by atoms with Gasteiger partial charge in [-0.3, -0.25) is 65.0 Å². The van der Waals surface area contributed by atoms with Crippen LogP contribution in [0.1, 0.15) is 79.7 Å². The molecule has 108 heavy (non-hydrogen) atoms. The molecule has 58 heteroatoms. The minimum absolute atomic E-state index is 0.0259. The normalized spacial score (nSPS) is 22.6. The van der Waals surface area contributed by atoms with Crippen LogP contribution in [0.15, 0.2) is 25.3 Å². The number of phosphoric acid groups is 6. The second-order valence-electron chi connectivity index (χ2n) is 24.7. The molecule has 6 unspecified atom stereocenters. The van der Waals surface area contributed by atoms with E-state index in [1.807, 2.05) is 0 Å². The van der Waals surface area contributed by atoms with E-state index in [0.29, 0.717) is 0 Å². The zero-order valence-corrected chi connectivity index (χ0v) is 64.6. The van der Waals surface area contributed by atoms with Gasteiger partial charge in [-0.25, -0.2) is 57.3 Å². The highest BCUT2D eigenvalue weighted by Crippen LogP contribution is 2.63. The summed E-state index contributed by atoms with van der Waals surface area (Å²) in [6, 6.07) is 0. The van der Waals surface area contributed by atoms with Crippen LogP contribution in [-0.4, -0.2) is 268 Å². The average Bonchev–Trinajstić information content (AvgIpc) is 1.62. The summed E-state index contributed by atoms with van der Waals surface area (Å²) in [6.45, 7) is 3.67. The van der Waals surface area contributed by atoms with E-state index in [9.17, 15) is 126 Å². The van der Waals surface area contributed by atoms with E-state index in [1.165, 1.54) is 41.5 Å². The minimum atomic E-state index is -5.57. The Morgan fingerprint density at radius 1 is 0.528 bits per heavy atom. The first-order chi connectivity index (χ1) is 49.8. The highest BCUT2D eigenvalue weighted by Gasteiger charge is 2.53. The van der Waals surface area contributed by atoms with Crippen LogP contribution in [0.2, 0.25) is 0 Å². The van der Waals surface area contributed by atoms with Gasteiger partial charge in [0, 0.05) is 74.2 Å². The van der Waals surface area contributed by atoms with Gasteiger partial charge in [0.25, 0.3) is 0 Å². The van der Waals surface area contributed by atoms with Crippen molar-refractivity contribution >= 4 is 138 Å². The maximum atomic E-state index is 12.6. The van der Waals surface area contributed by atoms with Gasteiger partial charge in [-0.1, -0.05) is 51.2 Å². The molecule has 2 aliphatic rings. The number of imidazole rings is 2.